The topological polar surface area (TPSA) is 39.7 Å². The third kappa shape index (κ3) is 5.20. The lowest BCUT2D eigenvalue weighted by molar-refractivity contribution is 0.0650. The van der Waals surface area contributed by atoms with Crippen molar-refractivity contribution in [1.29, 1.82) is 0 Å². The van der Waals surface area contributed by atoms with Gasteiger partial charge in [-0.15, -0.1) is 0 Å². The quantitative estimate of drug-likeness (QED) is 0.740. The van der Waals surface area contributed by atoms with Crippen molar-refractivity contribution in [1.82, 2.24) is 14.8 Å². The minimum Gasteiger partial charge on any atom is -0.371 e. The van der Waals surface area contributed by atoms with E-state index in [1.165, 1.54) is 5.56 Å². The molecule has 0 aliphatic carbocycles. The molecule has 0 unspecified atom stereocenters. The Hall–Kier alpha value is -2.66. The van der Waals surface area contributed by atoms with Crippen LogP contribution in [-0.2, 0) is 0 Å². The van der Waals surface area contributed by atoms with Gasteiger partial charge in [0.2, 0.25) is 0 Å². The number of hydrogen-bond acceptors (Lipinski definition) is 4. The standard InChI is InChI=1S/C23H30N4O/c1-3-26(4-2)22-17-21(18-24-19-22)23(28)27-15-13-25(14-16-27)12-8-11-20-9-6-5-7-10-20/h5-11,17-19H,3-4,12-16H2,1-2H3/b11-8+. The molecule has 0 atom stereocenters. The van der Waals surface area contributed by atoms with Gasteiger partial charge in [-0.3, -0.25) is 14.7 Å². The molecule has 2 heterocycles. The summed E-state index contributed by atoms with van der Waals surface area (Å²) in [7, 11) is 0. The van der Waals surface area contributed by atoms with Crippen molar-refractivity contribution in [2.75, 3.05) is 50.7 Å². The van der Waals surface area contributed by atoms with Crippen molar-refractivity contribution in [2.24, 2.45) is 0 Å². The Balaban J connectivity index is 1.52. The van der Waals surface area contributed by atoms with Crippen molar-refractivity contribution < 1.29 is 4.79 Å². The molecule has 28 heavy (non-hydrogen) atoms. The summed E-state index contributed by atoms with van der Waals surface area (Å²) in [6, 6.07) is 12.3. The van der Waals surface area contributed by atoms with Crippen LogP contribution in [0.1, 0.15) is 29.8 Å². The normalized spacial score (nSPS) is 15.1. The number of piperazine rings is 1. The van der Waals surface area contributed by atoms with Gasteiger partial charge in [0.05, 0.1) is 17.4 Å². The van der Waals surface area contributed by atoms with Gasteiger partial charge in [-0.25, -0.2) is 0 Å². The molecule has 0 radical (unpaired) electrons. The maximum absolute atomic E-state index is 12.9. The Morgan fingerprint density at radius 2 is 1.79 bits per heavy atom. The van der Waals surface area contributed by atoms with Crippen LogP contribution in [0.5, 0.6) is 0 Å². The van der Waals surface area contributed by atoms with Gasteiger partial charge in [-0.05, 0) is 25.5 Å². The third-order valence-electron chi connectivity index (χ3n) is 5.23. The van der Waals surface area contributed by atoms with E-state index in [-0.39, 0.29) is 5.91 Å². The molecule has 5 nitrogen and oxygen atoms in total. The van der Waals surface area contributed by atoms with Crippen LogP contribution in [0.2, 0.25) is 0 Å². The first-order valence-corrected chi connectivity index (χ1v) is 10.1. The summed E-state index contributed by atoms with van der Waals surface area (Å²) in [5, 5.41) is 0. The molecule has 1 aliphatic heterocycles. The minimum absolute atomic E-state index is 0.0842. The number of anilines is 1. The monoisotopic (exact) mass is 378 g/mol. The number of aromatic nitrogens is 1. The highest BCUT2D eigenvalue weighted by Crippen LogP contribution is 2.16. The molecule has 2 aromatic rings. The highest BCUT2D eigenvalue weighted by Gasteiger charge is 2.22. The molecule has 1 fully saturated rings. The van der Waals surface area contributed by atoms with Crippen molar-refractivity contribution in [3.63, 3.8) is 0 Å². The zero-order valence-electron chi connectivity index (χ0n) is 16.9. The number of rotatable bonds is 7. The lowest BCUT2D eigenvalue weighted by atomic mass is 10.2. The summed E-state index contributed by atoms with van der Waals surface area (Å²) in [6.45, 7) is 10.3. The smallest absolute Gasteiger partial charge is 0.255 e. The van der Waals surface area contributed by atoms with E-state index >= 15 is 0 Å². The minimum atomic E-state index is 0.0842. The Labute approximate surface area is 168 Å². The number of amides is 1. The van der Waals surface area contributed by atoms with E-state index < -0.39 is 0 Å². The van der Waals surface area contributed by atoms with Gasteiger partial charge in [0, 0.05) is 52.0 Å². The zero-order valence-corrected chi connectivity index (χ0v) is 16.9. The first kappa shape index (κ1) is 20.1. The third-order valence-corrected chi connectivity index (χ3v) is 5.23. The van der Waals surface area contributed by atoms with Gasteiger partial charge in [0.15, 0.2) is 0 Å². The Bertz CT molecular complexity index is 778. The summed E-state index contributed by atoms with van der Waals surface area (Å²) in [4.78, 5) is 23.7. The lowest BCUT2D eigenvalue weighted by Crippen LogP contribution is -2.48. The average Bonchev–Trinajstić information content (AvgIpc) is 2.76. The zero-order chi connectivity index (χ0) is 19.8. The molecule has 0 N–H and O–H groups in total. The fourth-order valence-electron chi connectivity index (χ4n) is 3.52. The van der Waals surface area contributed by atoms with E-state index in [1.807, 2.05) is 35.4 Å². The van der Waals surface area contributed by atoms with Crippen LogP contribution in [0.3, 0.4) is 0 Å². The Kier molecular flexibility index (Phi) is 7.20. The molecule has 1 aromatic heterocycles. The molecule has 1 amide bonds. The fourth-order valence-corrected chi connectivity index (χ4v) is 3.52. The van der Waals surface area contributed by atoms with Gasteiger partial charge in [0.25, 0.3) is 5.91 Å². The van der Waals surface area contributed by atoms with Crippen molar-refractivity contribution in [2.45, 2.75) is 13.8 Å². The molecule has 5 heteroatoms. The van der Waals surface area contributed by atoms with E-state index in [2.05, 4.69) is 52.9 Å². The van der Waals surface area contributed by atoms with Crippen LogP contribution in [0, 0.1) is 0 Å². The van der Waals surface area contributed by atoms with E-state index in [0.29, 0.717) is 5.56 Å². The maximum Gasteiger partial charge on any atom is 0.255 e. The van der Waals surface area contributed by atoms with Crippen LogP contribution in [0.15, 0.2) is 54.9 Å². The highest BCUT2D eigenvalue weighted by atomic mass is 16.2. The Morgan fingerprint density at radius 1 is 1.07 bits per heavy atom. The number of carbonyl (C=O) groups is 1. The number of hydrogen-bond donors (Lipinski definition) is 0. The second-order valence-corrected chi connectivity index (χ2v) is 7.01. The van der Waals surface area contributed by atoms with Crippen LogP contribution in [0.25, 0.3) is 6.08 Å². The summed E-state index contributed by atoms with van der Waals surface area (Å²) >= 11 is 0. The molecule has 0 spiro atoms. The number of carbonyl (C=O) groups excluding carboxylic acids is 1. The predicted molar refractivity (Wildman–Crippen MR) is 116 cm³/mol. The van der Waals surface area contributed by atoms with E-state index in [9.17, 15) is 4.79 Å². The van der Waals surface area contributed by atoms with Gasteiger partial charge < -0.3 is 9.80 Å². The van der Waals surface area contributed by atoms with Crippen molar-refractivity contribution in [3.8, 4) is 0 Å². The molecule has 1 aromatic carbocycles. The van der Waals surface area contributed by atoms with Crippen LogP contribution in [-0.4, -0.2) is 66.5 Å². The molecule has 1 aliphatic rings. The van der Waals surface area contributed by atoms with Crippen LogP contribution in [0.4, 0.5) is 5.69 Å². The van der Waals surface area contributed by atoms with Gasteiger partial charge in [-0.1, -0.05) is 42.5 Å². The number of pyridine rings is 1. The molecule has 3 rings (SSSR count). The first-order chi connectivity index (χ1) is 13.7. The van der Waals surface area contributed by atoms with Crippen LogP contribution < -0.4 is 4.90 Å². The van der Waals surface area contributed by atoms with Gasteiger partial charge in [-0.2, -0.15) is 0 Å². The maximum atomic E-state index is 12.9. The number of nitrogens with zero attached hydrogens (tertiary/aromatic N) is 4. The fraction of sp³-hybridized carbons (Fsp3) is 0.391. The molecule has 1 saturated heterocycles. The Morgan fingerprint density at radius 3 is 2.46 bits per heavy atom. The second-order valence-electron chi connectivity index (χ2n) is 7.01. The summed E-state index contributed by atoms with van der Waals surface area (Å²) < 4.78 is 0. The second kappa shape index (κ2) is 10.0. The average molecular weight is 379 g/mol. The largest absolute Gasteiger partial charge is 0.371 e. The predicted octanol–water partition coefficient (Wildman–Crippen LogP) is 3.40. The van der Waals surface area contributed by atoms with E-state index in [1.54, 1.807) is 6.20 Å². The summed E-state index contributed by atoms with van der Waals surface area (Å²) in [5.41, 5.74) is 2.92. The summed E-state index contributed by atoms with van der Waals surface area (Å²) in [5.74, 6) is 0.0842. The summed E-state index contributed by atoms with van der Waals surface area (Å²) in [6.07, 6.45) is 7.87. The molecular weight excluding hydrogens is 348 g/mol. The van der Waals surface area contributed by atoms with Crippen molar-refractivity contribution in [3.05, 3.63) is 66.0 Å². The first-order valence-electron chi connectivity index (χ1n) is 10.1. The lowest BCUT2D eigenvalue weighted by Gasteiger charge is -2.34. The van der Waals surface area contributed by atoms with Crippen LogP contribution >= 0.6 is 0 Å². The SMILES string of the molecule is CCN(CC)c1cncc(C(=O)N2CCN(C/C=C/c3ccccc3)CC2)c1. The molecule has 0 saturated carbocycles. The number of benzene rings is 1. The molecule has 148 valence electrons. The van der Waals surface area contributed by atoms with Crippen molar-refractivity contribution >= 4 is 17.7 Å². The molecule has 0 bridgehead atoms. The molecular formula is C23H30N4O. The van der Waals surface area contributed by atoms with E-state index in [4.69, 9.17) is 0 Å². The van der Waals surface area contributed by atoms with Gasteiger partial charge >= 0.3 is 0 Å². The highest BCUT2D eigenvalue weighted by molar-refractivity contribution is 5.94. The van der Waals surface area contributed by atoms with Gasteiger partial charge in [0.1, 0.15) is 0 Å². The van der Waals surface area contributed by atoms with E-state index in [0.717, 1.165) is 51.5 Å².